The van der Waals surface area contributed by atoms with E-state index < -0.39 is 0 Å². The Labute approximate surface area is 151 Å². The van der Waals surface area contributed by atoms with Crippen molar-refractivity contribution >= 4 is 0 Å². The van der Waals surface area contributed by atoms with Crippen molar-refractivity contribution in [3.05, 3.63) is 65.2 Å². The normalized spacial score (nSPS) is 14.6. The lowest BCUT2D eigenvalue weighted by Gasteiger charge is -2.25. The first kappa shape index (κ1) is 16.8. The van der Waals surface area contributed by atoms with Crippen molar-refractivity contribution in [2.24, 2.45) is 0 Å². The van der Waals surface area contributed by atoms with Crippen LogP contribution in [-0.4, -0.2) is 26.6 Å². The largest absolute Gasteiger partial charge is 0.360 e. The molecule has 4 rings (SSSR count). The lowest BCUT2D eigenvalue weighted by Crippen LogP contribution is -2.30. The van der Waals surface area contributed by atoms with E-state index in [4.69, 9.17) is 4.52 Å². The van der Waals surface area contributed by atoms with E-state index in [1.165, 1.54) is 12.1 Å². The predicted molar refractivity (Wildman–Crippen MR) is 95.8 cm³/mol. The van der Waals surface area contributed by atoms with Gasteiger partial charge in [-0.15, -0.1) is 0 Å². The molecule has 3 aromatic rings. The molecule has 5 nitrogen and oxygen atoms in total. The van der Waals surface area contributed by atoms with Gasteiger partial charge in [0.2, 0.25) is 0 Å². The van der Waals surface area contributed by atoms with Gasteiger partial charge in [0.05, 0.1) is 5.69 Å². The molecule has 1 aliphatic heterocycles. The second-order valence-corrected chi connectivity index (χ2v) is 6.96. The van der Waals surface area contributed by atoms with Crippen molar-refractivity contribution in [3.8, 4) is 11.3 Å². The summed E-state index contributed by atoms with van der Waals surface area (Å²) in [6.45, 7) is 6.52. The summed E-state index contributed by atoms with van der Waals surface area (Å²) in [5, 5.41) is 4.19. The van der Waals surface area contributed by atoms with Crippen molar-refractivity contribution in [2.75, 3.05) is 6.54 Å². The molecule has 3 heterocycles. The van der Waals surface area contributed by atoms with Gasteiger partial charge < -0.3 is 4.52 Å². The molecule has 0 spiro atoms. The summed E-state index contributed by atoms with van der Waals surface area (Å²) in [4.78, 5) is 11.3. The summed E-state index contributed by atoms with van der Waals surface area (Å²) in [5.74, 6) is 1.80. The Kier molecular flexibility index (Phi) is 4.51. The molecule has 26 heavy (non-hydrogen) atoms. The van der Waals surface area contributed by atoms with Crippen molar-refractivity contribution in [1.82, 2.24) is 20.0 Å². The minimum absolute atomic E-state index is 0.269. The van der Waals surface area contributed by atoms with Crippen LogP contribution >= 0.6 is 0 Å². The van der Waals surface area contributed by atoms with Crippen LogP contribution in [0.3, 0.4) is 0 Å². The molecule has 0 aliphatic carbocycles. The van der Waals surface area contributed by atoms with Crippen LogP contribution in [0.2, 0.25) is 0 Å². The molecule has 2 aromatic heterocycles. The van der Waals surface area contributed by atoms with Crippen LogP contribution in [0, 0.1) is 5.82 Å². The van der Waals surface area contributed by atoms with Crippen molar-refractivity contribution in [3.63, 3.8) is 0 Å². The quantitative estimate of drug-likeness (QED) is 0.711. The SMILES string of the molecule is CC(C)c1nccc(CN2CCc3onc(-c4cccc(F)c4)c3C2)n1. The zero-order valence-corrected chi connectivity index (χ0v) is 14.9. The van der Waals surface area contributed by atoms with E-state index >= 15 is 0 Å². The number of rotatable bonds is 4. The van der Waals surface area contributed by atoms with Crippen LogP contribution in [0.1, 0.15) is 42.6 Å². The third kappa shape index (κ3) is 3.37. The van der Waals surface area contributed by atoms with Crippen LogP contribution in [0.5, 0.6) is 0 Å². The van der Waals surface area contributed by atoms with Gasteiger partial charge in [-0.05, 0) is 18.2 Å². The maximum Gasteiger partial charge on any atom is 0.143 e. The van der Waals surface area contributed by atoms with Gasteiger partial charge in [0, 0.05) is 49.3 Å². The molecule has 0 fully saturated rings. The Morgan fingerprint density at radius 1 is 1.27 bits per heavy atom. The van der Waals surface area contributed by atoms with Crippen LogP contribution in [0.15, 0.2) is 41.1 Å². The highest BCUT2D eigenvalue weighted by Crippen LogP contribution is 2.30. The van der Waals surface area contributed by atoms with Gasteiger partial charge in [-0.25, -0.2) is 14.4 Å². The fourth-order valence-corrected chi connectivity index (χ4v) is 3.27. The van der Waals surface area contributed by atoms with Gasteiger partial charge in [0.15, 0.2) is 0 Å². The van der Waals surface area contributed by atoms with E-state index in [0.29, 0.717) is 12.5 Å². The molecule has 0 radical (unpaired) electrons. The van der Waals surface area contributed by atoms with Crippen LogP contribution < -0.4 is 0 Å². The Morgan fingerprint density at radius 3 is 2.96 bits per heavy atom. The van der Waals surface area contributed by atoms with Crippen molar-refractivity contribution < 1.29 is 8.91 Å². The number of aromatic nitrogens is 3. The molecule has 0 amide bonds. The molecule has 0 unspecified atom stereocenters. The minimum Gasteiger partial charge on any atom is -0.360 e. The van der Waals surface area contributed by atoms with E-state index in [1.54, 1.807) is 6.07 Å². The fraction of sp³-hybridized carbons (Fsp3) is 0.350. The lowest BCUT2D eigenvalue weighted by atomic mass is 10.0. The third-order valence-electron chi connectivity index (χ3n) is 4.64. The van der Waals surface area contributed by atoms with Crippen LogP contribution in [0.4, 0.5) is 4.39 Å². The van der Waals surface area contributed by atoms with Gasteiger partial charge in [-0.2, -0.15) is 0 Å². The third-order valence-corrected chi connectivity index (χ3v) is 4.64. The minimum atomic E-state index is -0.269. The first-order valence-electron chi connectivity index (χ1n) is 8.87. The van der Waals surface area contributed by atoms with Gasteiger partial charge in [0.1, 0.15) is 23.1 Å². The first-order valence-corrected chi connectivity index (χ1v) is 8.87. The van der Waals surface area contributed by atoms with Gasteiger partial charge in [-0.3, -0.25) is 4.90 Å². The van der Waals surface area contributed by atoms with Crippen molar-refractivity contribution in [1.29, 1.82) is 0 Å². The number of hydrogen-bond donors (Lipinski definition) is 0. The molecule has 134 valence electrons. The Bertz CT molecular complexity index is 922. The van der Waals surface area contributed by atoms with E-state index in [1.807, 2.05) is 18.3 Å². The average molecular weight is 352 g/mol. The Balaban J connectivity index is 1.56. The molecule has 6 heteroatoms. The molecule has 0 saturated carbocycles. The first-order chi connectivity index (χ1) is 12.6. The van der Waals surface area contributed by atoms with Crippen LogP contribution in [0.25, 0.3) is 11.3 Å². The molecule has 0 saturated heterocycles. The second-order valence-electron chi connectivity index (χ2n) is 6.96. The predicted octanol–water partition coefficient (Wildman–Crippen LogP) is 3.95. The Morgan fingerprint density at radius 2 is 2.15 bits per heavy atom. The highest BCUT2D eigenvalue weighted by molar-refractivity contribution is 5.63. The zero-order valence-electron chi connectivity index (χ0n) is 14.9. The standard InChI is InChI=1S/C20H21FN4O/c1-13(2)20-22-8-6-16(23-20)11-25-9-7-18-17(12-25)19(24-26-18)14-4-3-5-15(21)10-14/h3-6,8,10,13H,7,9,11-12H2,1-2H3. The highest BCUT2D eigenvalue weighted by atomic mass is 19.1. The van der Waals surface area contributed by atoms with E-state index in [2.05, 4.69) is 33.9 Å². The monoisotopic (exact) mass is 352 g/mol. The van der Waals surface area contributed by atoms with E-state index in [-0.39, 0.29) is 5.82 Å². The summed E-state index contributed by atoms with van der Waals surface area (Å²) >= 11 is 0. The molecule has 0 atom stereocenters. The van der Waals surface area contributed by atoms with E-state index in [0.717, 1.165) is 53.6 Å². The fourth-order valence-electron chi connectivity index (χ4n) is 3.27. The summed E-state index contributed by atoms with van der Waals surface area (Å²) in [5.41, 5.74) is 3.53. The molecule has 0 bridgehead atoms. The highest BCUT2D eigenvalue weighted by Gasteiger charge is 2.25. The van der Waals surface area contributed by atoms with Gasteiger partial charge >= 0.3 is 0 Å². The van der Waals surface area contributed by atoms with E-state index in [9.17, 15) is 4.39 Å². The lowest BCUT2D eigenvalue weighted by molar-refractivity contribution is 0.226. The molecular weight excluding hydrogens is 331 g/mol. The van der Waals surface area contributed by atoms with Crippen molar-refractivity contribution in [2.45, 2.75) is 39.3 Å². The number of benzene rings is 1. The number of nitrogens with zero attached hydrogens (tertiary/aromatic N) is 4. The number of fused-ring (bicyclic) bond motifs is 1. The maximum atomic E-state index is 13.6. The zero-order chi connectivity index (χ0) is 18.1. The summed E-state index contributed by atoms with van der Waals surface area (Å²) in [6.07, 6.45) is 2.62. The summed E-state index contributed by atoms with van der Waals surface area (Å²) in [6, 6.07) is 8.45. The summed E-state index contributed by atoms with van der Waals surface area (Å²) in [7, 11) is 0. The number of halogens is 1. The smallest absolute Gasteiger partial charge is 0.143 e. The second kappa shape index (κ2) is 6.96. The molecular formula is C20H21FN4O. The van der Waals surface area contributed by atoms with Gasteiger partial charge in [0.25, 0.3) is 0 Å². The topological polar surface area (TPSA) is 55.1 Å². The average Bonchev–Trinajstić information content (AvgIpc) is 3.05. The van der Waals surface area contributed by atoms with Crippen LogP contribution in [-0.2, 0) is 19.5 Å². The molecule has 0 N–H and O–H groups in total. The number of hydrogen-bond acceptors (Lipinski definition) is 5. The molecule has 1 aromatic carbocycles. The summed E-state index contributed by atoms with van der Waals surface area (Å²) < 4.78 is 19.1. The molecule has 1 aliphatic rings. The van der Waals surface area contributed by atoms with Gasteiger partial charge in [-0.1, -0.05) is 31.1 Å². The maximum absolute atomic E-state index is 13.6. The Hall–Kier alpha value is -2.60.